The molecule has 0 saturated carbocycles. The predicted octanol–water partition coefficient (Wildman–Crippen LogP) is 0.495. The Bertz CT molecular complexity index is 516. The van der Waals surface area contributed by atoms with Crippen LogP contribution < -0.4 is 0 Å². The lowest BCUT2D eigenvalue weighted by atomic mass is 10.1. The number of hydrogen-bond acceptors (Lipinski definition) is 4. The zero-order valence-corrected chi connectivity index (χ0v) is 14.2. The molecule has 1 atom stereocenters. The van der Waals surface area contributed by atoms with Crippen LogP contribution in [0.4, 0.5) is 0 Å². The van der Waals surface area contributed by atoms with E-state index in [0.29, 0.717) is 13.0 Å². The molecule has 124 valence electrons. The van der Waals surface area contributed by atoms with Gasteiger partial charge in [-0.25, -0.2) is 0 Å². The fourth-order valence-corrected chi connectivity index (χ4v) is 3.12. The van der Waals surface area contributed by atoms with Crippen LogP contribution in [0.15, 0.2) is 0 Å². The number of aryl methyl sites for hydroxylation is 2. The smallest absolute Gasteiger partial charge is 0.222 e. The number of aromatic nitrogens is 2. The van der Waals surface area contributed by atoms with E-state index in [1.54, 1.807) is 6.92 Å². The standard InChI is InChI=1S/C16H28N4O2/c1-12(21)11-19-7-9-20(10-8-19)16(22)6-5-15-13(2)17-18(4)14(15)3/h12,21H,5-11H2,1-4H3/t12-/m1/s1. The highest BCUT2D eigenvalue weighted by atomic mass is 16.3. The van der Waals surface area contributed by atoms with E-state index in [9.17, 15) is 9.90 Å². The molecular weight excluding hydrogens is 280 g/mol. The van der Waals surface area contributed by atoms with Crippen LogP contribution in [0.3, 0.4) is 0 Å². The molecule has 1 N–H and O–H groups in total. The molecule has 0 unspecified atom stereocenters. The average Bonchev–Trinajstić information content (AvgIpc) is 2.70. The second-order valence-corrected chi connectivity index (χ2v) is 6.30. The van der Waals surface area contributed by atoms with Gasteiger partial charge in [-0.1, -0.05) is 0 Å². The Kier molecular flexibility index (Phi) is 5.58. The first-order valence-corrected chi connectivity index (χ1v) is 8.05. The van der Waals surface area contributed by atoms with E-state index in [1.807, 2.05) is 23.6 Å². The number of aliphatic hydroxyl groups is 1. The van der Waals surface area contributed by atoms with E-state index in [0.717, 1.165) is 44.0 Å². The van der Waals surface area contributed by atoms with Gasteiger partial charge in [0.2, 0.25) is 5.91 Å². The summed E-state index contributed by atoms with van der Waals surface area (Å²) in [7, 11) is 1.94. The zero-order chi connectivity index (χ0) is 16.3. The van der Waals surface area contributed by atoms with Crippen LogP contribution in [0.2, 0.25) is 0 Å². The van der Waals surface area contributed by atoms with Gasteiger partial charge in [-0.2, -0.15) is 5.10 Å². The van der Waals surface area contributed by atoms with Crippen molar-refractivity contribution in [2.24, 2.45) is 7.05 Å². The van der Waals surface area contributed by atoms with Gasteiger partial charge >= 0.3 is 0 Å². The van der Waals surface area contributed by atoms with Gasteiger partial charge in [-0.3, -0.25) is 14.4 Å². The molecular formula is C16H28N4O2. The number of piperazine rings is 1. The first kappa shape index (κ1) is 17.0. The summed E-state index contributed by atoms with van der Waals surface area (Å²) in [6, 6.07) is 0. The van der Waals surface area contributed by atoms with Crippen LogP contribution in [0, 0.1) is 13.8 Å². The van der Waals surface area contributed by atoms with E-state index < -0.39 is 0 Å². The normalized spacial score (nSPS) is 17.8. The highest BCUT2D eigenvalue weighted by Gasteiger charge is 2.22. The topological polar surface area (TPSA) is 61.6 Å². The lowest BCUT2D eigenvalue weighted by molar-refractivity contribution is -0.133. The average molecular weight is 308 g/mol. The van der Waals surface area contributed by atoms with Gasteiger partial charge in [0.15, 0.2) is 0 Å². The number of hydrogen-bond donors (Lipinski definition) is 1. The van der Waals surface area contributed by atoms with Crippen LogP contribution in [-0.2, 0) is 18.3 Å². The summed E-state index contributed by atoms with van der Waals surface area (Å²) in [5.74, 6) is 0.222. The molecule has 1 aliphatic rings. The quantitative estimate of drug-likeness (QED) is 0.860. The number of carbonyl (C=O) groups excluding carboxylic acids is 1. The number of rotatable bonds is 5. The summed E-state index contributed by atoms with van der Waals surface area (Å²) >= 11 is 0. The Morgan fingerprint density at radius 2 is 1.91 bits per heavy atom. The minimum atomic E-state index is -0.307. The lowest BCUT2D eigenvalue weighted by Crippen LogP contribution is -2.50. The molecule has 1 fully saturated rings. The van der Waals surface area contributed by atoms with Crippen molar-refractivity contribution < 1.29 is 9.90 Å². The summed E-state index contributed by atoms with van der Waals surface area (Å²) in [5.41, 5.74) is 3.37. The van der Waals surface area contributed by atoms with Crippen molar-refractivity contribution in [2.45, 2.75) is 39.7 Å². The van der Waals surface area contributed by atoms with Crippen molar-refractivity contribution in [1.29, 1.82) is 0 Å². The molecule has 2 rings (SSSR count). The van der Waals surface area contributed by atoms with E-state index in [-0.39, 0.29) is 12.0 Å². The Labute approximate surface area is 132 Å². The van der Waals surface area contributed by atoms with E-state index in [4.69, 9.17) is 0 Å². The first-order chi connectivity index (χ1) is 10.4. The molecule has 1 aromatic heterocycles. The van der Waals surface area contributed by atoms with Crippen LogP contribution in [0.1, 0.15) is 30.3 Å². The number of β-amino-alcohol motifs (C(OH)–C–C–N with tert-alkyl or cyclic N) is 1. The molecule has 1 aromatic rings. The summed E-state index contributed by atoms with van der Waals surface area (Å²) in [6.07, 6.45) is 1.00. The van der Waals surface area contributed by atoms with Gasteiger partial charge in [0, 0.05) is 51.9 Å². The predicted molar refractivity (Wildman–Crippen MR) is 85.7 cm³/mol. The summed E-state index contributed by atoms with van der Waals surface area (Å²) in [4.78, 5) is 16.5. The fraction of sp³-hybridized carbons (Fsp3) is 0.750. The van der Waals surface area contributed by atoms with E-state index >= 15 is 0 Å². The van der Waals surface area contributed by atoms with Crippen molar-refractivity contribution >= 4 is 5.91 Å². The van der Waals surface area contributed by atoms with Crippen molar-refractivity contribution in [1.82, 2.24) is 19.6 Å². The molecule has 1 saturated heterocycles. The molecule has 2 heterocycles. The molecule has 1 aliphatic heterocycles. The lowest BCUT2D eigenvalue weighted by Gasteiger charge is -2.35. The second kappa shape index (κ2) is 7.24. The molecule has 0 spiro atoms. The third-order valence-corrected chi connectivity index (χ3v) is 4.50. The Balaban J connectivity index is 1.81. The molecule has 6 heteroatoms. The largest absolute Gasteiger partial charge is 0.392 e. The second-order valence-electron chi connectivity index (χ2n) is 6.30. The molecule has 6 nitrogen and oxygen atoms in total. The van der Waals surface area contributed by atoms with Crippen LogP contribution in [-0.4, -0.2) is 69.4 Å². The number of amides is 1. The van der Waals surface area contributed by atoms with Gasteiger partial charge in [0.05, 0.1) is 11.8 Å². The Morgan fingerprint density at radius 3 is 2.41 bits per heavy atom. The van der Waals surface area contributed by atoms with Crippen LogP contribution in [0.25, 0.3) is 0 Å². The zero-order valence-electron chi connectivity index (χ0n) is 14.2. The minimum Gasteiger partial charge on any atom is -0.392 e. The molecule has 0 bridgehead atoms. The van der Waals surface area contributed by atoms with E-state index in [2.05, 4.69) is 16.9 Å². The minimum absolute atomic E-state index is 0.222. The fourth-order valence-electron chi connectivity index (χ4n) is 3.12. The third-order valence-electron chi connectivity index (χ3n) is 4.50. The van der Waals surface area contributed by atoms with Gasteiger partial charge in [-0.05, 0) is 32.8 Å². The summed E-state index contributed by atoms with van der Waals surface area (Å²) in [5, 5.41) is 13.8. The molecule has 1 amide bonds. The Morgan fingerprint density at radius 1 is 1.27 bits per heavy atom. The maximum Gasteiger partial charge on any atom is 0.222 e. The number of carbonyl (C=O) groups is 1. The molecule has 0 aliphatic carbocycles. The highest BCUT2D eigenvalue weighted by Crippen LogP contribution is 2.15. The maximum atomic E-state index is 12.4. The monoisotopic (exact) mass is 308 g/mol. The molecule has 22 heavy (non-hydrogen) atoms. The van der Waals surface area contributed by atoms with Crippen LogP contribution >= 0.6 is 0 Å². The molecule has 0 radical (unpaired) electrons. The summed E-state index contributed by atoms with van der Waals surface area (Å²) < 4.78 is 1.88. The SMILES string of the molecule is Cc1nn(C)c(C)c1CCC(=O)N1CCN(C[C@@H](C)O)CC1. The highest BCUT2D eigenvalue weighted by molar-refractivity contribution is 5.76. The number of aliphatic hydroxyl groups excluding tert-OH is 1. The third kappa shape index (κ3) is 4.08. The number of nitrogens with zero attached hydrogens (tertiary/aromatic N) is 4. The first-order valence-electron chi connectivity index (χ1n) is 8.05. The van der Waals surface area contributed by atoms with Gasteiger partial charge in [0.25, 0.3) is 0 Å². The molecule has 0 aromatic carbocycles. The summed E-state index contributed by atoms with van der Waals surface area (Å²) in [6.45, 7) is 9.76. The van der Waals surface area contributed by atoms with E-state index in [1.165, 1.54) is 5.56 Å². The van der Waals surface area contributed by atoms with Gasteiger partial charge < -0.3 is 10.0 Å². The maximum absolute atomic E-state index is 12.4. The van der Waals surface area contributed by atoms with Crippen molar-refractivity contribution in [3.63, 3.8) is 0 Å². The van der Waals surface area contributed by atoms with Crippen LogP contribution in [0.5, 0.6) is 0 Å². The Hall–Kier alpha value is -1.40. The van der Waals surface area contributed by atoms with Crippen molar-refractivity contribution in [2.75, 3.05) is 32.7 Å². The van der Waals surface area contributed by atoms with Gasteiger partial charge in [-0.15, -0.1) is 0 Å². The van der Waals surface area contributed by atoms with Gasteiger partial charge in [0.1, 0.15) is 0 Å². The van der Waals surface area contributed by atoms with Crippen molar-refractivity contribution in [3.8, 4) is 0 Å². The van der Waals surface area contributed by atoms with Crippen molar-refractivity contribution in [3.05, 3.63) is 17.0 Å².